The number of esters is 1. The molecule has 2 rings (SSSR count). The van der Waals surface area contributed by atoms with Gasteiger partial charge in [0.1, 0.15) is 4.88 Å². The van der Waals surface area contributed by atoms with Gasteiger partial charge >= 0.3 is 5.97 Å². The van der Waals surface area contributed by atoms with Gasteiger partial charge in [0.15, 0.2) is 0 Å². The Kier molecular flexibility index (Phi) is 10.1. The van der Waals surface area contributed by atoms with Gasteiger partial charge in [-0.2, -0.15) is 0 Å². The van der Waals surface area contributed by atoms with Crippen molar-refractivity contribution in [2.24, 2.45) is 11.8 Å². The van der Waals surface area contributed by atoms with E-state index in [1.54, 1.807) is 12.1 Å². The molecule has 7 heteroatoms. The number of methoxy groups -OCH3 is 1. The maximum Gasteiger partial charge on any atom is 0.348 e. The predicted octanol–water partition coefficient (Wildman–Crippen LogP) is 3.93. The molecule has 0 saturated heterocycles. The molecule has 1 aliphatic carbocycles. The van der Waals surface area contributed by atoms with Crippen molar-refractivity contribution in [1.29, 1.82) is 0 Å². The standard InChI is InChI=1S/C22H33ClO5S/c1-3-5-14(24)12-15(25)8-10-18-17(19(23)13-20(18)26)7-4-6-16-9-11-21(29-16)22(27)28-2/h8-11,14-15,17-20,24-26H,3-7,12-13H2,1-2H3/t14?,15-,17-,18-,19-,20-/m1/s1. The Morgan fingerprint density at radius 1 is 1.41 bits per heavy atom. The Labute approximate surface area is 182 Å². The van der Waals surface area contributed by atoms with Crippen molar-refractivity contribution in [1.82, 2.24) is 0 Å². The maximum absolute atomic E-state index is 11.6. The average molecular weight is 445 g/mol. The summed E-state index contributed by atoms with van der Waals surface area (Å²) in [6.07, 6.45) is 6.84. The Hall–Kier alpha value is -0.920. The van der Waals surface area contributed by atoms with Crippen LogP contribution in [0.1, 0.15) is 60.0 Å². The number of rotatable bonds is 11. The molecule has 1 aromatic heterocycles. The Morgan fingerprint density at radius 3 is 2.86 bits per heavy atom. The molecule has 1 aromatic rings. The number of carbonyl (C=O) groups is 1. The fourth-order valence-electron chi connectivity index (χ4n) is 4.03. The summed E-state index contributed by atoms with van der Waals surface area (Å²) in [5.41, 5.74) is 0. The lowest BCUT2D eigenvalue weighted by Gasteiger charge is -2.21. The number of alkyl halides is 1. The zero-order valence-corrected chi connectivity index (χ0v) is 18.7. The molecular formula is C22H33ClO5S. The molecule has 0 amide bonds. The van der Waals surface area contributed by atoms with E-state index in [9.17, 15) is 20.1 Å². The van der Waals surface area contributed by atoms with Gasteiger partial charge in [-0.15, -0.1) is 22.9 Å². The lowest BCUT2D eigenvalue weighted by molar-refractivity contribution is 0.0606. The minimum absolute atomic E-state index is 0.0931. The molecule has 0 bridgehead atoms. The van der Waals surface area contributed by atoms with Crippen LogP contribution in [0.4, 0.5) is 0 Å². The number of ether oxygens (including phenoxy) is 1. The van der Waals surface area contributed by atoms with Crippen molar-refractivity contribution in [3.05, 3.63) is 34.0 Å². The van der Waals surface area contributed by atoms with Crippen LogP contribution in [0.3, 0.4) is 0 Å². The first kappa shape index (κ1) is 24.4. The second-order valence-corrected chi connectivity index (χ2v) is 9.57. The van der Waals surface area contributed by atoms with Gasteiger partial charge in [-0.3, -0.25) is 0 Å². The van der Waals surface area contributed by atoms with Crippen molar-refractivity contribution < 1.29 is 24.9 Å². The van der Waals surface area contributed by atoms with Crippen molar-refractivity contribution in [2.75, 3.05) is 7.11 Å². The number of aryl methyl sites for hydroxylation is 1. The molecule has 0 radical (unpaired) electrons. The highest BCUT2D eigenvalue weighted by molar-refractivity contribution is 7.13. The number of hydrogen-bond donors (Lipinski definition) is 3. The largest absolute Gasteiger partial charge is 0.465 e. The normalized spacial score (nSPS) is 26.7. The Morgan fingerprint density at radius 2 is 2.17 bits per heavy atom. The van der Waals surface area contributed by atoms with E-state index < -0.39 is 18.3 Å². The number of halogens is 1. The van der Waals surface area contributed by atoms with Gasteiger partial charge < -0.3 is 20.1 Å². The van der Waals surface area contributed by atoms with Gasteiger partial charge in [0, 0.05) is 22.6 Å². The fourth-order valence-corrected chi connectivity index (χ4v) is 5.48. The first-order chi connectivity index (χ1) is 13.8. The molecular weight excluding hydrogens is 412 g/mol. The summed E-state index contributed by atoms with van der Waals surface area (Å²) in [5.74, 6) is -0.269. The van der Waals surface area contributed by atoms with Gasteiger partial charge in [0.2, 0.25) is 0 Å². The van der Waals surface area contributed by atoms with Gasteiger partial charge in [0.25, 0.3) is 0 Å². The minimum Gasteiger partial charge on any atom is -0.465 e. The second kappa shape index (κ2) is 12.1. The highest BCUT2D eigenvalue weighted by atomic mass is 35.5. The summed E-state index contributed by atoms with van der Waals surface area (Å²) >= 11 is 7.95. The first-order valence-corrected chi connectivity index (χ1v) is 11.6. The molecule has 1 unspecified atom stereocenters. The van der Waals surface area contributed by atoms with E-state index >= 15 is 0 Å². The van der Waals surface area contributed by atoms with Crippen LogP contribution in [0.2, 0.25) is 0 Å². The molecule has 0 aromatic carbocycles. The number of carbonyl (C=O) groups excluding carboxylic acids is 1. The summed E-state index contributed by atoms with van der Waals surface area (Å²) in [6, 6.07) is 3.74. The summed E-state index contributed by atoms with van der Waals surface area (Å²) in [4.78, 5) is 13.3. The monoisotopic (exact) mass is 444 g/mol. The molecule has 29 heavy (non-hydrogen) atoms. The van der Waals surface area contributed by atoms with Crippen LogP contribution < -0.4 is 0 Å². The van der Waals surface area contributed by atoms with E-state index in [0.29, 0.717) is 24.1 Å². The van der Waals surface area contributed by atoms with E-state index in [2.05, 4.69) is 0 Å². The summed E-state index contributed by atoms with van der Waals surface area (Å²) in [5, 5.41) is 30.3. The zero-order chi connectivity index (χ0) is 21.4. The van der Waals surface area contributed by atoms with Crippen LogP contribution in [-0.4, -0.2) is 52.1 Å². The fraction of sp³-hybridized carbons (Fsp3) is 0.682. The molecule has 1 saturated carbocycles. The number of aliphatic hydroxyl groups excluding tert-OH is 3. The third-order valence-corrected chi connectivity index (χ3v) is 7.20. The number of aliphatic hydroxyl groups is 3. The van der Waals surface area contributed by atoms with Crippen molar-refractivity contribution >= 4 is 28.9 Å². The van der Waals surface area contributed by atoms with Crippen molar-refractivity contribution in [3.8, 4) is 0 Å². The third-order valence-electron chi connectivity index (χ3n) is 5.57. The van der Waals surface area contributed by atoms with Gasteiger partial charge in [0.05, 0.1) is 25.4 Å². The van der Waals surface area contributed by atoms with E-state index in [-0.39, 0.29) is 23.2 Å². The van der Waals surface area contributed by atoms with Gasteiger partial charge in [-0.25, -0.2) is 4.79 Å². The quantitative estimate of drug-likeness (QED) is 0.273. The molecule has 6 atom stereocenters. The maximum atomic E-state index is 11.6. The van der Waals surface area contributed by atoms with Crippen LogP contribution in [0.25, 0.3) is 0 Å². The van der Waals surface area contributed by atoms with E-state index in [4.69, 9.17) is 16.3 Å². The summed E-state index contributed by atoms with van der Waals surface area (Å²) in [6.45, 7) is 2.00. The zero-order valence-electron chi connectivity index (χ0n) is 17.2. The van der Waals surface area contributed by atoms with E-state index in [0.717, 1.165) is 30.6 Å². The molecule has 0 spiro atoms. The third kappa shape index (κ3) is 7.37. The van der Waals surface area contributed by atoms with E-state index in [1.165, 1.54) is 18.4 Å². The smallest absolute Gasteiger partial charge is 0.348 e. The Bertz CT molecular complexity index is 661. The molecule has 164 valence electrons. The molecule has 1 aliphatic rings. The van der Waals surface area contributed by atoms with Crippen molar-refractivity contribution in [3.63, 3.8) is 0 Å². The van der Waals surface area contributed by atoms with Crippen LogP contribution in [0.15, 0.2) is 24.3 Å². The SMILES string of the molecule is CCCC(O)C[C@H](O)C=C[C@@H]1[C@@H](CCCc2ccc(C(=O)OC)s2)[C@H](Cl)C[C@H]1O. The first-order valence-electron chi connectivity index (χ1n) is 10.4. The lowest BCUT2D eigenvalue weighted by Crippen LogP contribution is -2.20. The molecule has 3 N–H and O–H groups in total. The number of hydrogen-bond acceptors (Lipinski definition) is 6. The lowest BCUT2D eigenvalue weighted by atomic mass is 9.89. The summed E-state index contributed by atoms with van der Waals surface area (Å²) < 4.78 is 4.74. The van der Waals surface area contributed by atoms with Gasteiger partial charge in [-0.1, -0.05) is 25.5 Å². The minimum atomic E-state index is -0.721. The van der Waals surface area contributed by atoms with Crippen LogP contribution in [-0.2, 0) is 11.2 Å². The van der Waals surface area contributed by atoms with E-state index in [1.807, 2.05) is 19.1 Å². The Balaban J connectivity index is 1.88. The summed E-state index contributed by atoms with van der Waals surface area (Å²) in [7, 11) is 1.38. The molecule has 5 nitrogen and oxygen atoms in total. The van der Waals surface area contributed by atoms with Crippen LogP contribution in [0, 0.1) is 11.8 Å². The van der Waals surface area contributed by atoms with Crippen LogP contribution >= 0.6 is 22.9 Å². The highest BCUT2D eigenvalue weighted by Gasteiger charge is 2.39. The molecule has 0 aliphatic heterocycles. The second-order valence-electron chi connectivity index (χ2n) is 7.84. The molecule has 1 heterocycles. The average Bonchev–Trinajstić information content (AvgIpc) is 3.24. The van der Waals surface area contributed by atoms with Crippen molar-refractivity contribution in [2.45, 2.75) is 75.6 Å². The van der Waals surface area contributed by atoms with Gasteiger partial charge in [-0.05, 0) is 50.2 Å². The predicted molar refractivity (Wildman–Crippen MR) is 117 cm³/mol. The highest BCUT2D eigenvalue weighted by Crippen LogP contribution is 2.40. The van der Waals surface area contributed by atoms with Crippen LogP contribution in [0.5, 0.6) is 0 Å². The molecule has 1 fully saturated rings. The topological polar surface area (TPSA) is 87.0 Å². The number of thiophene rings is 1.